The number of para-hydroxylation sites is 1. The van der Waals surface area contributed by atoms with Crippen LogP contribution in [0.4, 0.5) is 5.69 Å². The number of anilines is 1. The molecule has 0 radical (unpaired) electrons. The van der Waals surface area contributed by atoms with E-state index < -0.39 is 0 Å². The summed E-state index contributed by atoms with van der Waals surface area (Å²) < 4.78 is 0. The summed E-state index contributed by atoms with van der Waals surface area (Å²) in [6.07, 6.45) is 0. The zero-order chi connectivity index (χ0) is 19.6. The van der Waals surface area contributed by atoms with E-state index in [0.29, 0.717) is 0 Å². The van der Waals surface area contributed by atoms with Gasteiger partial charge < -0.3 is 15.5 Å². The van der Waals surface area contributed by atoms with E-state index in [1.54, 1.807) is 12.1 Å². The standard InChI is InChI=1S/C24H27NO2/c1-15(2)19-14-11-17(4)22(24(19)27)23(20-7-5-6-8-21(20)26)25-18-12-9-16(3)10-13-18/h5-15,23,25-27H,1-4H3. The third-order valence-corrected chi connectivity index (χ3v) is 4.99. The second-order valence-electron chi connectivity index (χ2n) is 7.39. The molecule has 0 saturated carbocycles. The number of benzene rings is 3. The molecule has 27 heavy (non-hydrogen) atoms. The third-order valence-electron chi connectivity index (χ3n) is 4.99. The number of aromatic hydroxyl groups is 2. The van der Waals surface area contributed by atoms with Crippen molar-refractivity contribution < 1.29 is 10.2 Å². The number of phenolic OH excluding ortho intramolecular Hbond substituents is 2. The van der Waals surface area contributed by atoms with Crippen molar-refractivity contribution in [1.29, 1.82) is 0 Å². The minimum atomic E-state index is -0.368. The Labute approximate surface area is 161 Å². The van der Waals surface area contributed by atoms with Crippen molar-refractivity contribution in [2.24, 2.45) is 0 Å². The third kappa shape index (κ3) is 3.92. The summed E-state index contributed by atoms with van der Waals surface area (Å²) in [5.41, 5.74) is 5.52. The monoisotopic (exact) mass is 361 g/mol. The molecule has 0 spiro atoms. The second kappa shape index (κ2) is 7.75. The van der Waals surface area contributed by atoms with Gasteiger partial charge in [0.15, 0.2) is 0 Å². The number of hydrogen-bond donors (Lipinski definition) is 3. The Kier molecular flexibility index (Phi) is 5.41. The van der Waals surface area contributed by atoms with Gasteiger partial charge in [-0.15, -0.1) is 0 Å². The summed E-state index contributed by atoms with van der Waals surface area (Å²) in [6, 6.07) is 19.0. The number of nitrogens with one attached hydrogen (secondary N) is 1. The fourth-order valence-electron chi connectivity index (χ4n) is 3.41. The Morgan fingerprint density at radius 1 is 0.778 bits per heavy atom. The van der Waals surface area contributed by atoms with E-state index in [0.717, 1.165) is 27.9 Å². The number of hydrogen-bond acceptors (Lipinski definition) is 3. The highest BCUT2D eigenvalue weighted by Crippen LogP contribution is 2.41. The molecule has 3 aromatic rings. The van der Waals surface area contributed by atoms with Crippen LogP contribution in [0.25, 0.3) is 0 Å². The molecule has 3 aromatic carbocycles. The van der Waals surface area contributed by atoms with Gasteiger partial charge in [0.05, 0.1) is 6.04 Å². The molecule has 0 bridgehead atoms. The Morgan fingerprint density at radius 2 is 1.44 bits per heavy atom. The normalized spacial score (nSPS) is 12.2. The topological polar surface area (TPSA) is 52.5 Å². The van der Waals surface area contributed by atoms with Gasteiger partial charge in [0.25, 0.3) is 0 Å². The minimum Gasteiger partial charge on any atom is -0.508 e. The molecule has 3 rings (SSSR count). The van der Waals surface area contributed by atoms with Crippen molar-refractivity contribution in [2.75, 3.05) is 5.32 Å². The molecular formula is C24H27NO2. The zero-order valence-electron chi connectivity index (χ0n) is 16.3. The summed E-state index contributed by atoms with van der Waals surface area (Å²) in [4.78, 5) is 0. The zero-order valence-corrected chi connectivity index (χ0v) is 16.3. The van der Waals surface area contributed by atoms with Crippen LogP contribution in [0.3, 0.4) is 0 Å². The Balaban J connectivity index is 2.17. The van der Waals surface area contributed by atoms with Gasteiger partial charge in [-0.1, -0.05) is 61.9 Å². The molecule has 0 aliphatic carbocycles. The van der Waals surface area contributed by atoms with Gasteiger partial charge in [0.2, 0.25) is 0 Å². The first-order valence-electron chi connectivity index (χ1n) is 9.32. The predicted molar refractivity (Wildman–Crippen MR) is 112 cm³/mol. The van der Waals surface area contributed by atoms with Crippen LogP contribution in [0.5, 0.6) is 11.5 Å². The van der Waals surface area contributed by atoms with Crippen LogP contribution in [0, 0.1) is 13.8 Å². The molecule has 0 amide bonds. The van der Waals surface area contributed by atoms with Crippen molar-refractivity contribution in [2.45, 2.75) is 39.7 Å². The molecule has 0 aliphatic rings. The van der Waals surface area contributed by atoms with E-state index in [2.05, 4.69) is 19.2 Å². The number of phenols is 2. The van der Waals surface area contributed by atoms with Gasteiger partial charge in [0.1, 0.15) is 11.5 Å². The fourth-order valence-corrected chi connectivity index (χ4v) is 3.41. The Morgan fingerprint density at radius 3 is 2.07 bits per heavy atom. The molecular weight excluding hydrogens is 334 g/mol. The molecule has 1 unspecified atom stereocenters. The predicted octanol–water partition coefficient (Wildman–Crippen LogP) is 6.04. The maximum Gasteiger partial charge on any atom is 0.124 e. The highest BCUT2D eigenvalue weighted by atomic mass is 16.3. The molecule has 3 heteroatoms. The first kappa shape index (κ1) is 18.8. The summed E-state index contributed by atoms with van der Waals surface area (Å²) in [5.74, 6) is 0.697. The molecule has 3 nitrogen and oxygen atoms in total. The van der Waals surface area contributed by atoms with Crippen LogP contribution >= 0.6 is 0 Å². The van der Waals surface area contributed by atoms with Crippen molar-refractivity contribution >= 4 is 5.69 Å². The van der Waals surface area contributed by atoms with E-state index in [-0.39, 0.29) is 23.5 Å². The average molecular weight is 361 g/mol. The molecule has 3 N–H and O–H groups in total. The van der Waals surface area contributed by atoms with Gasteiger partial charge in [-0.25, -0.2) is 0 Å². The van der Waals surface area contributed by atoms with Crippen molar-refractivity contribution in [1.82, 2.24) is 0 Å². The molecule has 0 aromatic heterocycles. The first-order valence-corrected chi connectivity index (χ1v) is 9.32. The van der Waals surface area contributed by atoms with E-state index in [9.17, 15) is 10.2 Å². The average Bonchev–Trinajstić information content (AvgIpc) is 2.63. The van der Waals surface area contributed by atoms with Gasteiger partial charge >= 0.3 is 0 Å². The lowest BCUT2D eigenvalue weighted by atomic mass is 9.88. The summed E-state index contributed by atoms with van der Waals surface area (Å²) in [5, 5.41) is 25.1. The van der Waals surface area contributed by atoms with E-state index >= 15 is 0 Å². The summed E-state index contributed by atoms with van der Waals surface area (Å²) in [6.45, 7) is 8.17. The van der Waals surface area contributed by atoms with Crippen LogP contribution in [-0.4, -0.2) is 10.2 Å². The van der Waals surface area contributed by atoms with Crippen LogP contribution in [-0.2, 0) is 0 Å². The number of rotatable bonds is 5. The lowest BCUT2D eigenvalue weighted by molar-refractivity contribution is 0.450. The molecule has 0 aliphatic heterocycles. The van der Waals surface area contributed by atoms with E-state index in [1.165, 1.54) is 5.56 Å². The smallest absolute Gasteiger partial charge is 0.124 e. The summed E-state index contributed by atoms with van der Waals surface area (Å²) >= 11 is 0. The van der Waals surface area contributed by atoms with Crippen molar-refractivity contribution in [3.05, 3.63) is 88.5 Å². The Bertz CT molecular complexity index is 930. The van der Waals surface area contributed by atoms with Crippen LogP contribution in [0.15, 0.2) is 60.7 Å². The maximum absolute atomic E-state index is 11.1. The molecule has 140 valence electrons. The fraction of sp³-hybridized carbons (Fsp3) is 0.250. The van der Waals surface area contributed by atoms with Gasteiger partial charge in [0, 0.05) is 16.8 Å². The largest absolute Gasteiger partial charge is 0.508 e. The lowest BCUT2D eigenvalue weighted by Gasteiger charge is -2.26. The van der Waals surface area contributed by atoms with Crippen molar-refractivity contribution in [3.63, 3.8) is 0 Å². The molecule has 0 heterocycles. The molecule has 0 fully saturated rings. The highest BCUT2D eigenvalue weighted by molar-refractivity contribution is 5.58. The lowest BCUT2D eigenvalue weighted by Crippen LogP contribution is -2.15. The van der Waals surface area contributed by atoms with Crippen LogP contribution in [0.2, 0.25) is 0 Å². The second-order valence-corrected chi connectivity index (χ2v) is 7.39. The SMILES string of the molecule is Cc1ccc(NC(c2ccccc2O)c2c(C)ccc(C(C)C)c2O)cc1. The maximum atomic E-state index is 11.1. The van der Waals surface area contributed by atoms with Crippen LogP contribution < -0.4 is 5.32 Å². The molecule has 0 saturated heterocycles. The first-order chi connectivity index (χ1) is 12.9. The quantitative estimate of drug-likeness (QED) is 0.519. The Hall–Kier alpha value is -2.94. The van der Waals surface area contributed by atoms with E-state index in [4.69, 9.17) is 0 Å². The number of aryl methyl sites for hydroxylation is 2. The van der Waals surface area contributed by atoms with Crippen LogP contribution in [0.1, 0.15) is 53.6 Å². The van der Waals surface area contributed by atoms with Gasteiger partial charge in [-0.05, 0) is 49.1 Å². The van der Waals surface area contributed by atoms with E-state index in [1.807, 2.05) is 62.4 Å². The summed E-state index contributed by atoms with van der Waals surface area (Å²) in [7, 11) is 0. The van der Waals surface area contributed by atoms with Gasteiger partial charge in [-0.3, -0.25) is 0 Å². The highest BCUT2D eigenvalue weighted by Gasteiger charge is 2.24. The van der Waals surface area contributed by atoms with Gasteiger partial charge in [-0.2, -0.15) is 0 Å². The minimum absolute atomic E-state index is 0.203. The van der Waals surface area contributed by atoms with Crippen molar-refractivity contribution in [3.8, 4) is 11.5 Å². The molecule has 1 atom stereocenters.